The summed E-state index contributed by atoms with van der Waals surface area (Å²) in [6.45, 7) is 3.39. The van der Waals surface area contributed by atoms with Crippen LogP contribution in [0, 0.1) is 25.7 Å². The van der Waals surface area contributed by atoms with Gasteiger partial charge in [0.15, 0.2) is 0 Å². The van der Waals surface area contributed by atoms with Crippen LogP contribution in [0.3, 0.4) is 0 Å². The Morgan fingerprint density at radius 3 is 2.30 bits per heavy atom. The second-order valence-corrected chi connectivity index (χ2v) is 9.20. The summed E-state index contributed by atoms with van der Waals surface area (Å²) in [6, 6.07) is 5.55. The maximum absolute atomic E-state index is 12.7. The van der Waals surface area contributed by atoms with Crippen molar-refractivity contribution in [2.45, 2.75) is 43.8 Å². The standard InChI is InChI=1S/C19H21N3O7S/c1-9-10(2)21-29-18(9)22-30(26,27)12-5-3-11(4-6-12)20-17(23)15-13-7-8-14(28-13)16(15)19(24)25/h3-6,13-16,22H,7-8H2,1-2H3,(H,20,23)(H,24,25). The van der Waals surface area contributed by atoms with Crippen LogP contribution in [-0.2, 0) is 24.3 Å². The zero-order chi connectivity index (χ0) is 21.6. The highest BCUT2D eigenvalue weighted by atomic mass is 32.2. The van der Waals surface area contributed by atoms with Gasteiger partial charge < -0.3 is 19.7 Å². The Kier molecular flexibility index (Phi) is 5.02. The van der Waals surface area contributed by atoms with Gasteiger partial charge in [-0.15, -0.1) is 0 Å². The lowest BCUT2D eigenvalue weighted by atomic mass is 9.78. The van der Waals surface area contributed by atoms with Gasteiger partial charge in [-0.05, 0) is 51.0 Å². The van der Waals surface area contributed by atoms with Crippen molar-refractivity contribution in [2.24, 2.45) is 11.8 Å². The molecule has 1 aromatic heterocycles. The highest BCUT2D eigenvalue weighted by molar-refractivity contribution is 7.92. The Morgan fingerprint density at radius 2 is 1.73 bits per heavy atom. The van der Waals surface area contributed by atoms with Crippen LogP contribution in [0.4, 0.5) is 11.6 Å². The van der Waals surface area contributed by atoms with Crippen molar-refractivity contribution in [2.75, 3.05) is 10.0 Å². The Hall–Kier alpha value is -2.92. The van der Waals surface area contributed by atoms with Gasteiger partial charge >= 0.3 is 5.97 Å². The molecular formula is C19H21N3O7S. The van der Waals surface area contributed by atoms with E-state index in [-0.39, 0.29) is 10.8 Å². The van der Waals surface area contributed by atoms with Crippen molar-refractivity contribution < 1.29 is 32.4 Å². The smallest absolute Gasteiger partial charge is 0.310 e. The monoisotopic (exact) mass is 435 g/mol. The van der Waals surface area contributed by atoms with E-state index >= 15 is 0 Å². The molecule has 10 nitrogen and oxygen atoms in total. The third kappa shape index (κ3) is 3.54. The molecule has 160 valence electrons. The summed E-state index contributed by atoms with van der Waals surface area (Å²) < 4.78 is 38.0. The number of nitrogens with one attached hydrogen (secondary N) is 2. The van der Waals surface area contributed by atoms with Gasteiger partial charge in [0.1, 0.15) is 0 Å². The summed E-state index contributed by atoms with van der Waals surface area (Å²) in [5.74, 6) is -3.10. The molecule has 11 heteroatoms. The predicted octanol–water partition coefficient (Wildman–Crippen LogP) is 1.91. The number of carbonyl (C=O) groups is 2. The minimum atomic E-state index is -3.90. The highest BCUT2D eigenvalue weighted by Gasteiger charge is 2.55. The summed E-state index contributed by atoms with van der Waals surface area (Å²) in [4.78, 5) is 24.2. The number of aliphatic carboxylic acids is 1. The predicted molar refractivity (Wildman–Crippen MR) is 104 cm³/mol. The SMILES string of the molecule is Cc1noc(NS(=O)(=O)c2ccc(NC(=O)C3C4CCC(O4)C3C(=O)O)cc2)c1C. The molecule has 1 amide bonds. The van der Waals surface area contributed by atoms with E-state index in [0.717, 1.165) is 0 Å². The van der Waals surface area contributed by atoms with Gasteiger partial charge in [0.05, 0.1) is 34.6 Å². The van der Waals surface area contributed by atoms with E-state index in [9.17, 15) is 23.1 Å². The third-order valence-electron chi connectivity index (χ3n) is 5.68. The number of carboxylic acids is 1. The van der Waals surface area contributed by atoms with E-state index in [1.807, 2.05) is 0 Å². The summed E-state index contributed by atoms with van der Waals surface area (Å²) in [7, 11) is -3.90. The molecule has 0 aliphatic carbocycles. The summed E-state index contributed by atoms with van der Waals surface area (Å²) >= 11 is 0. The topological polar surface area (TPSA) is 148 Å². The molecule has 2 aromatic rings. The molecule has 3 heterocycles. The van der Waals surface area contributed by atoms with Crippen molar-refractivity contribution in [3.63, 3.8) is 0 Å². The molecule has 0 radical (unpaired) electrons. The first-order valence-corrected chi connectivity index (χ1v) is 10.9. The molecular weight excluding hydrogens is 414 g/mol. The number of amides is 1. The van der Waals surface area contributed by atoms with Crippen molar-refractivity contribution in [3.8, 4) is 0 Å². The molecule has 4 rings (SSSR count). The maximum atomic E-state index is 12.7. The zero-order valence-corrected chi connectivity index (χ0v) is 17.1. The fourth-order valence-electron chi connectivity index (χ4n) is 3.96. The molecule has 0 spiro atoms. The molecule has 2 bridgehead atoms. The highest BCUT2D eigenvalue weighted by Crippen LogP contribution is 2.44. The van der Waals surface area contributed by atoms with Gasteiger partial charge in [-0.1, -0.05) is 5.16 Å². The number of sulfonamides is 1. The number of anilines is 2. The van der Waals surface area contributed by atoms with Gasteiger partial charge in [-0.25, -0.2) is 13.1 Å². The first kappa shape index (κ1) is 20.4. The molecule has 2 aliphatic heterocycles. The number of rotatable bonds is 6. The van der Waals surface area contributed by atoms with Crippen molar-refractivity contribution in [1.29, 1.82) is 0 Å². The number of carbonyl (C=O) groups excluding carboxylic acids is 1. The van der Waals surface area contributed by atoms with E-state index in [1.165, 1.54) is 24.3 Å². The largest absolute Gasteiger partial charge is 0.481 e. The van der Waals surface area contributed by atoms with Gasteiger partial charge in [0, 0.05) is 11.3 Å². The third-order valence-corrected chi connectivity index (χ3v) is 7.02. The van der Waals surface area contributed by atoms with Crippen LogP contribution in [-0.4, -0.2) is 42.8 Å². The Balaban J connectivity index is 1.46. The molecule has 3 N–H and O–H groups in total. The molecule has 4 atom stereocenters. The average Bonchev–Trinajstić information content (AvgIpc) is 3.39. The second kappa shape index (κ2) is 7.40. The second-order valence-electron chi connectivity index (χ2n) is 7.52. The van der Waals surface area contributed by atoms with Crippen molar-refractivity contribution >= 4 is 33.5 Å². The first-order valence-electron chi connectivity index (χ1n) is 9.42. The van der Waals surface area contributed by atoms with E-state index in [1.54, 1.807) is 13.8 Å². The van der Waals surface area contributed by atoms with E-state index < -0.39 is 45.9 Å². The number of benzene rings is 1. The summed E-state index contributed by atoms with van der Waals surface area (Å²) in [5.41, 5.74) is 1.52. The van der Waals surface area contributed by atoms with Gasteiger partial charge in [-0.3, -0.25) is 9.59 Å². The van der Waals surface area contributed by atoms with E-state index in [2.05, 4.69) is 15.2 Å². The van der Waals surface area contributed by atoms with E-state index in [0.29, 0.717) is 29.8 Å². The minimum absolute atomic E-state index is 0.0272. The molecule has 4 unspecified atom stereocenters. The van der Waals surface area contributed by atoms with Crippen LogP contribution in [0.2, 0.25) is 0 Å². The lowest BCUT2D eigenvalue weighted by Gasteiger charge is -2.23. The fraction of sp³-hybridized carbons (Fsp3) is 0.421. The number of carboxylic acid groups (broad SMARTS) is 1. The molecule has 0 saturated carbocycles. The van der Waals surface area contributed by atoms with Crippen molar-refractivity contribution in [1.82, 2.24) is 5.16 Å². The Bertz CT molecular complexity index is 1090. The van der Waals surface area contributed by atoms with Crippen LogP contribution in [0.15, 0.2) is 33.7 Å². The first-order chi connectivity index (χ1) is 14.2. The number of aromatic nitrogens is 1. The fourth-order valence-corrected chi connectivity index (χ4v) is 5.01. The number of hydrogen-bond donors (Lipinski definition) is 3. The zero-order valence-electron chi connectivity index (χ0n) is 16.3. The number of nitrogens with zero attached hydrogens (tertiary/aromatic N) is 1. The summed E-state index contributed by atoms with van der Waals surface area (Å²) in [6.07, 6.45) is 0.434. The lowest BCUT2D eigenvalue weighted by molar-refractivity contribution is -0.147. The molecule has 2 saturated heterocycles. The van der Waals surface area contributed by atoms with Crippen LogP contribution in [0.25, 0.3) is 0 Å². The number of fused-ring (bicyclic) bond motifs is 2. The number of ether oxygens (including phenoxy) is 1. The quantitative estimate of drug-likeness (QED) is 0.623. The molecule has 2 aliphatic rings. The molecule has 1 aromatic carbocycles. The van der Waals surface area contributed by atoms with Crippen LogP contribution in [0.1, 0.15) is 24.1 Å². The lowest BCUT2D eigenvalue weighted by Crippen LogP contribution is -2.40. The Morgan fingerprint density at radius 1 is 1.10 bits per heavy atom. The van der Waals surface area contributed by atoms with Gasteiger partial charge in [0.2, 0.25) is 11.8 Å². The average molecular weight is 435 g/mol. The van der Waals surface area contributed by atoms with Crippen LogP contribution >= 0.6 is 0 Å². The number of aryl methyl sites for hydroxylation is 1. The Labute approximate surface area is 172 Å². The molecule has 30 heavy (non-hydrogen) atoms. The minimum Gasteiger partial charge on any atom is -0.481 e. The van der Waals surface area contributed by atoms with Gasteiger partial charge in [0.25, 0.3) is 10.0 Å². The van der Waals surface area contributed by atoms with Crippen LogP contribution in [0.5, 0.6) is 0 Å². The van der Waals surface area contributed by atoms with Gasteiger partial charge in [-0.2, -0.15) is 0 Å². The van der Waals surface area contributed by atoms with Crippen LogP contribution < -0.4 is 10.0 Å². The maximum Gasteiger partial charge on any atom is 0.310 e. The summed E-state index contributed by atoms with van der Waals surface area (Å²) in [5, 5.41) is 15.8. The number of hydrogen-bond acceptors (Lipinski definition) is 7. The van der Waals surface area contributed by atoms with E-state index in [4.69, 9.17) is 9.26 Å². The van der Waals surface area contributed by atoms with Crippen molar-refractivity contribution in [3.05, 3.63) is 35.5 Å². The normalized spacial score (nSPS) is 25.3. The molecule has 2 fully saturated rings.